The van der Waals surface area contributed by atoms with Gasteiger partial charge in [-0.3, -0.25) is 14.7 Å². The van der Waals surface area contributed by atoms with Crippen LogP contribution in [0.25, 0.3) is 0 Å². The zero-order valence-electron chi connectivity index (χ0n) is 18.2. The number of carbonyl (C=O) groups excluding carboxylic acids is 1. The molecule has 0 spiro atoms. The van der Waals surface area contributed by atoms with Crippen molar-refractivity contribution in [2.75, 3.05) is 26.3 Å². The third kappa shape index (κ3) is 5.37. The molecule has 1 fully saturated rings. The Morgan fingerprint density at radius 2 is 1.68 bits per heavy atom. The first-order valence-electron chi connectivity index (χ1n) is 10.8. The Balaban J connectivity index is 1.51. The van der Waals surface area contributed by atoms with Crippen molar-refractivity contribution in [2.45, 2.75) is 26.4 Å². The van der Waals surface area contributed by atoms with E-state index in [9.17, 15) is 4.79 Å². The molecule has 5 nitrogen and oxygen atoms in total. The number of nitrogens with one attached hydrogen (secondary N) is 1. The minimum atomic E-state index is -0.233. The van der Waals surface area contributed by atoms with Gasteiger partial charge in [0.1, 0.15) is 0 Å². The number of morpholine rings is 1. The SMILES string of the molecule is Cc1ccc(C(NC(=O)c2ccc(CN3CCOCC3)cc2)c2ccncc2)cc1C. The van der Waals surface area contributed by atoms with Crippen molar-refractivity contribution >= 4 is 5.91 Å². The second-order valence-corrected chi connectivity index (χ2v) is 8.12. The average molecular weight is 416 g/mol. The Labute approximate surface area is 184 Å². The lowest BCUT2D eigenvalue weighted by molar-refractivity contribution is 0.0342. The second-order valence-electron chi connectivity index (χ2n) is 8.12. The maximum absolute atomic E-state index is 13.1. The van der Waals surface area contributed by atoms with Crippen LogP contribution in [0.2, 0.25) is 0 Å². The van der Waals surface area contributed by atoms with Crippen molar-refractivity contribution in [3.63, 3.8) is 0 Å². The third-order valence-electron chi connectivity index (χ3n) is 5.91. The Bertz CT molecular complexity index is 1010. The predicted molar refractivity (Wildman–Crippen MR) is 122 cm³/mol. The summed E-state index contributed by atoms with van der Waals surface area (Å²) in [6, 6.07) is 17.9. The normalized spacial score (nSPS) is 15.4. The van der Waals surface area contributed by atoms with Gasteiger partial charge in [-0.25, -0.2) is 0 Å². The molecule has 1 atom stereocenters. The summed E-state index contributed by atoms with van der Waals surface area (Å²) in [6.45, 7) is 8.55. The molecule has 1 saturated heterocycles. The van der Waals surface area contributed by atoms with Crippen molar-refractivity contribution < 1.29 is 9.53 Å². The first kappa shape index (κ1) is 21.2. The molecule has 2 heterocycles. The zero-order chi connectivity index (χ0) is 21.6. The number of aromatic nitrogens is 1. The van der Waals surface area contributed by atoms with Gasteiger partial charge in [-0.15, -0.1) is 0 Å². The van der Waals surface area contributed by atoms with Crippen molar-refractivity contribution in [1.82, 2.24) is 15.2 Å². The average Bonchev–Trinajstić information content (AvgIpc) is 2.81. The van der Waals surface area contributed by atoms with Crippen LogP contribution in [0.15, 0.2) is 67.0 Å². The molecule has 1 N–H and O–H groups in total. The van der Waals surface area contributed by atoms with Gasteiger partial charge in [0.25, 0.3) is 5.91 Å². The Morgan fingerprint density at radius 3 is 2.35 bits per heavy atom. The quantitative estimate of drug-likeness (QED) is 0.660. The van der Waals surface area contributed by atoms with E-state index >= 15 is 0 Å². The monoisotopic (exact) mass is 415 g/mol. The molecule has 0 aliphatic carbocycles. The summed E-state index contributed by atoms with van der Waals surface area (Å²) in [7, 11) is 0. The van der Waals surface area contributed by atoms with E-state index in [2.05, 4.69) is 47.2 Å². The number of hydrogen-bond acceptors (Lipinski definition) is 4. The molecule has 5 heteroatoms. The largest absolute Gasteiger partial charge is 0.379 e. The maximum atomic E-state index is 13.1. The molecule has 3 aromatic rings. The molecule has 160 valence electrons. The van der Waals surface area contributed by atoms with Gasteiger partial charge in [-0.2, -0.15) is 0 Å². The van der Waals surface area contributed by atoms with E-state index in [1.54, 1.807) is 12.4 Å². The van der Waals surface area contributed by atoms with Crippen molar-refractivity contribution in [3.05, 3.63) is 100 Å². The first-order valence-corrected chi connectivity index (χ1v) is 10.8. The van der Waals surface area contributed by atoms with Gasteiger partial charge in [0.15, 0.2) is 0 Å². The number of benzene rings is 2. The van der Waals surface area contributed by atoms with Crippen LogP contribution in [0.1, 0.15) is 44.2 Å². The maximum Gasteiger partial charge on any atom is 0.252 e. The molecule has 0 bridgehead atoms. The molecule has 1 aliphatic heterocycles. The van der Waals surface area contributed by atoms with E-state index in [1.165, 1.54) is 16.7 Å². The number of hydrogen-bond donors (Lipinski definition) is 1. The summed E-state index contributed by atoms with van der Waals surface area (Å²) in [5.74, 6) is -0.0852. The second kappa shape index (κ2) is 9.86. The van der Waals surface area contributed by atoms with Crippen molar-refractivity contribution in [3.8, 4) is 0 Å². The summed E-state index contributed by atoms with van der Waals surface area (Å²) >= 11 is 0. The Hall–Kier alpha value is -3.02. The fourth-order valence-corrected chi connectivity index (χ4v) is 3.85. The molecule has 0 saturated carbocycles. The van der Waals surface area contributed by atoms with Crippen LogP contribution in [0.5, 0.6) is 0 Å². The fourth-order valence-electron chi connectivity index (χ4n) is 3.85. The van der Waals surface area contributed by atoms with Gasteiger partial charge in [0.05, 0.1) is 19.3 Å². The van der Waals surface area contributed by atoms with E-state index in [1.807, 2.05) is 36.4 Å². The summed E-state index contributed by atoms with van der Waals surface area (Å²) in [5, 5.41) is 3.22. The van der Waals surface area contributed by atoms with E-state index in [0.29, 0.717) is 5.56 Å². The van der Waals surface area contributed by atoms with E-state index in [-0.39, 0.29) is 11.9 Å². The number of aryl methyl sites for hydroxylation is 2. The summed E-state index contributed by atoms with van der Waals surface area (Å²) in [5.41, 5.74) is 6.38. The molecule has 1 unspecified atom stereocenters. The number of rotatable bonds is 6. The molecule has 1 aromatic heterocycles. The number of carbonyl (C=O) groups is 1. The molecule has 1 aliphatic rings. The first-order chi connectivity index (χ1) is 15.1. The van der Waals surface area contributed by atoms with Crippen LogP contribution in [0, 0.1) is 13.8 Å². The van der Waals surface area contributed by atoms with Gasteiger partial charge in [-0.1, -0.05) is 30.3 Å². The minimum absolute atomic E-state index is 0.0852. The third-order valence-corrected chi connectivity index (χ3v) is 5.91. The highest BCUT2D eigenvalue weighted by molar-refractivity contribution is 5.94. The van der Waals surface area contributed by atoms with Gasteiger partial charge in [0.2, 0.25) is 0 Å². The van der Waals surface area contributed by atoms with Crippen LogP contribution in [0.4, 0.5) is 0 Å². The molecule has 0 radical (unpaired) electrons. The lowest BCUT2D eigenvalue weighted by Crippen LogP contribution is -2.35. The van der Waals surface area contributed by atoms with Crippen LogP contribution in [-0.4, -0.2) is 42.1 Å². The van der Waals surface area contributed by atoms with Gasteiger partial charge in [0, 0.05) is 37.6 Å². The van der Waals surface area contributed by atoms with E-state index in [0.717, 1.165) is 44.0 Å². The number of ether oxygens (including phenoxy) is 1. The molecule has 1 amide bonds. The molecule has 2 aromatic carbocycles. The highest BCUT2D eigenvalue weighted by atomic mass is 16.5. The molecule has 31 heavy (non-hydrogen) atoms. The number of pyridine rings is 1. The van der Waals surface area contributed by atoms with Crippen LogP contribution in [-0.2, 0) is 11.3 Å². The van der Waals surface area contributed by atoms with Crippen molar-refractivity contribution in [1.29, 1.82) is 0 Å². The van der Waals surface area contributed by atoms with Gasteiger partial charge >= 0.3 is 0 Å². The lowest BCUT2D eigenvalue weighted by Gasteiger charge is -2.26. The zero-order valence-corrected chi connectivity index (χ0v) is 18.2. The van der Waals surface area contributed by atoms with Gasteiger partial charge < -0.3 is 10.1 Å². The minimum Gasteiger partial charge on any atom is -0.379 e. The van der Waals surface area contributed by atoms with Gasteiger partial charge in [-0.05, 0) is 65.9 Å². The highest BCUT2D eigenvalue weighted by Crippen LogP contribution is 2.24. The topological polar surface area (TPSA) is 54.5 Å². The Kier molecular flexibility index (Phi) is 6.75. The Morgan fingerprint density at radius 1 is 0.968 bits per heavy atom. The summed E-state index contributed by atoms with van der Waals surface area (Å²) in [6.07, 6.45) is 3.52. The number of nitrogens with zero attached hydrogens (tertiary/aromatic N) is 2. The molecular formula is C26H29N3O2. The summed E-state index contributed by atoms with van der Waals surface area (Å²) in [4.78, 5) is 19.6. The summed E-state index contributed by atoms with van der Waals surface area (Å²) < 4.78 is 5.41. The van der Waals surface area contributed by atoms with Crippen LogP contribution >= 0.6 is 0 Å². The predicted octanol–water partition coefficient (Wildman–Crippen LogP) is 4.05. The standard InChI is InChI=1S/C26H29N3O2/c1-19-3-6-24(17-20(19)2)25(22-9-11-27-12-10-22)28-26(30)23-7-4-21(5-8-23)18-29-13-15-31-16-14-29/h3-12,17,25H,13-16,18H2,1-2H3,(H,28,30). The fraction of sp³-hybridized carbons (Fsp3) is 0.308. The molecule has 4 rings (SSSR count). The number of amides is 1. The lowest BCUT2D eigenvalue weighted by atomic mass is 9.96. The van der Waals surface area contributed by atoms with E-state index < -0.39 is 0 Å². The van der Waals surface area contributed by atoms with Crippen LogP contribution < -0.4 is 5.32 Å². The highest BCUT2D eigenvalue weighted by Gasteiger charge is 2.19. The van der Waals surface area contributed by atoms with E-state index in [4.69, 9.17) is 4.74 Å². The molecular weight excluding hydrogens is 386 g/mol. The van der Waals surface area contributed by atoms with Crippen molar-refractivity contribution in [2.24, 2.45) is 0 Å². The smallest absolute Gasteiger partial charge is 0.252 e. The van der Waals surface area contributed by atoms with Crippen LogP contribution in [0.3, 0.4) is 0 Å².